The molecule has 88 valence electrons. The first-order valence-electron chi connectivity index (χ1n) is 6.57. The van der Waals surface area contributed by atoms with E-state index in [1.165, 1.54) is 36.1 Å². The average molecular weight is 217 g/mol. The molecular formula is C15H23N. The lowest BCUT2D eigenvalue weighted by atomic mass is 9.91. The van der Waals surface area contributed by atoms with Crippen molar-refractivity contribution in [1.29, 1.82) is 0 Å². The van der Waals surface area contributed by atoms with Gasteiger partial charge in [-0.25, -0.2) is 0 Å². The van der Waals surface area contributed by atoms with E-state index in [9.17, 15) is 0 Å². The molecule has 0 spiro atoms. The van der Waals surface area contributed by atoms with Crippen molar-refractivity contribution in [2.75, 3.05) is 5.32 Å². The lowest BCUT2D eigenvalue weighted by molar-refractivity contribution is 0.487. The minimum atomic E-state index is 0.681. The molecule has 1 aromatic rings. The summed E-state index contributed by atoms with van der Waals surface area (Å²) < 4.78 is 0. The Bertz CT molecular complexity index is 354. The van der Waals surface area contributed by atoms with Crippen LogP contribution in [0.3, 0.4) is 0 Å². The Labute approximate surface area is 99.3 Å². The predicted molar refractivity (Wildman–Crippen MR) is 71.0 cm³/mol. The van der Waals surface area contributed by atoms with Gasteiger partial charge in [-0.15, -0.1) is 0 Å². The zero-order valence-corrected chi connectivity index (χ0v) is 10.7. The van der Waals surface area contributed by atoms with Gasteiger partial charge < -0.3 is 5.32 Å². The Balaban J connectivity index is 2.09. The van der Waals surface area contributed by atoms with Crippen molar-refractivity contribution < 1.29 is 0 Å². The summed E-state index contributed by atoms with van der Waals surface area (Å²) in [6.45, 7) is 6.83. The van der Waals surface area contributed by atoms with Crippen LogP contribution in [0.2, 0.25) is 0 Å². The number of benzene rings is 1. The van der Waals surface area contributed by atoms with Crippen molar-refractivity contribution >= 4 is 5.69 Å². The number of nitrogens with one attached hydrogen (secondary N) is 1. The van der Waals surface area contributed by atoms with Crippen molar-refractivity contribution in [2.45, 2.75) is 52.5 Å². The molecule has 1 heterocycles. The molecule has 1 N–H and O–H groups in total. The second-order valence-corrected chi connectivity index (χ2v) is 5.35. The number of aryl methyl sites for hydroxylation is 2. The third-order valence-corrected chi connectivity index (χ3v) is 3.46. The lowest BCUT2D eigenvalue weighted by Gasteiger charge is -2.28. The fourth-order valence-corrected chi connectivity index (χ4v) is 2.58. The number of anilines is 1. The van der Waals surface area contributed by atoms with Crippen LogP contribution in [0.5, 0.6) is 0 Å². The van der Waals surface area contributed by atoms with Gasteiger partial charge >= 0.3 is 0 Å². The molecule has 0 amide bonds. The van der Waals surface area contributed by atoms with Gasteiger partial charge in [-0.05, 0) is 48.8 Å². The van der Waals surface area contributed by atoms with Crippen LogP contribution < -0.4 is 5.32 Å². The summed E-state index contributed by atoms with van der Waals surface area (Å²) in [5.41, 5.74) is 4.34. The van der Waals surface area contributed by atoms with Crippen LogP contribution >= 0.6 is 0 Å². The van der Waals surface area contributed by atoms with Gasteiger partial charge in [-0.1, -0.05) is 32.9 Å². The highest BCUT2D eigenvalue weighted by molar-refractivity contribution is 5.55. The molecule has 2 rings (SSSR count). The zero-order valence-electron chi connectivity index (χ0n) is 10.7. The number of rotatable bonds is 3. The summed E-state index contributed by atoms with van der Waals surface area (Å²) in [5, 5.41) is 3.68. The molecule has 0 fully saturated rings. The largest absolute Gasteiger partial charge is 0.382 e. The van der Waals surface area contributed by atoms with E-state index in [1.807, 2.05) is 0 Å². The van der Waals surface area contributed by atoms with Crippen LogP contribution in [0.25, 0.3) is 0 Å². The van der Waals surface area contributed by atoms with E-state index in [-0.39, 0.29) is 0 Å². The number of hydrogen-bond donors (Lipinski definition) is 1. The topological polar surface area (TPSA) is 12.0 Å². The number of fused-ring (bicyclic) bond motifs is 1. The Morgan fingerprint density at radius 3 is 2.88 bits per heavy atom. The summed E-state index contributed by atoms with van der Waals surface area (Å²) in [6.07, 6.45) is 4.96. The van der Waals surface area contributed by atoms with Gasteiger partial charge in [-0.2, -0.15) is 0 Å². The zero-order chi connectivity index (χ0) is 11.5. The molecule has 1 aliphatic rings. The Kier molecular flexibility index (Phi) is 3.52. The monoisotopic (exact) mass is 217 g/mol. The smallest absolute Gasteiger partial charge is 0.0375 e. The van der Waals surface area contributed by atoms with E-state index in [2.05, 4.69) is 44.3 Å². The maximum absolute atomic E-state index is 3.68. The highest BCUT2D eigenvalue weighted by Crippen LogP contribution is 2.28. The van der Waals surface area contributed by atoms with Crippen LogP contribution in [0.4, 0.5) is 5.69 Å². The molecule has 0 radical (unpaired) electrons. The van der Waals surface area contributed by atoms with Gasteiger partial charge in [0.1, 0.15) is 0 Å². The first kappa shape index (κ1) is 11.5. The van der Waals surface area contributed by atoms with Gasteiger partial charge in [0, 0.05) is 11.7 Å². The van der Waals surface area contributed by atoms with E-state index in [0.29, 0.717) is 6.04 Å². The fraction of sp³-hybridized carbons (Fsp3) is 0.600. The molecule has 1 aliphatic heterocycles. The van der Waals surface area contributed by atoms with Crippen molar-refractivity contribution in [1.82, 2.24) is 0 Å². The second-order valence-electron chi connectivity index (χ2n) is 5.35. The third kappa shape index (κ3) is 2.58. The molecule has 1 aromatic carbocycles. The Morgan fingerprint density at radius 1 is 1.38 bits per heavy atom. The molecular weight excluding hydrogens is 194 g/mol. The number of hydrogen-bond acceptors (Lipinski definition) is 1. The summed E-state index contributed by atoms with van der Waals surface area (Å²) in [7, 11) is 0. The quantitative estimate of drug-likeness (QED) is 0.806. The van der Waals surface area contributed by atoms with Crippen LogP contribution in [0.1, 0.15) is 44.7 Å². The highest BCUT2D eigenvalue weighted by atomic mass is 14.9. The molecule has 1 unspecified atom stereocenters. The standard InChI is InChI=1S/C15H23N/c1-4-12-5-8-15-13(10-12)6-7-14(16-15)9-11(2)3/h5,8,10-11,14,16H,4,6-7,9H2,1-3H3. The molecule has 1 atom stereocenters. The third-order valence-electron chi connectivity index (χ3n) is 3.46. The summed E-state index contributed by atoms with van der Waals surface area (Å²) in [6, 6.07) is 7.57. The summed E-state index contributed by atoms with van der Waals surface area (Å²) in [5.74, 6) is 0.786. The van der Waals surface area contributed by atoms with Gasteiger partial charge in [0.25, 0.3) is 0 Å². The summed E-state index contributed by atoms with van der Waals surface area (Å²) >= 11 is 0. The first-order valence-corrected chi connectivity index (χ1v) is 6.57. The predicted octanol–water partition coefficient (Wildman–Crippen LogP) is 4.02. The van der Waals surface area contributed by atoms with Gasteiger partial charge in [0.05, 0.1) is 0 Å². The lowest BCUT2D eigenvalue weighted by Crippen LogP contribution is -2.26. The van der Waals surface area contributed by atoms with Crippen molar-refractivity contribution in [3.63, 3.8) is 0 Å². The maximum Gasteiger partial charge on any atom is 0.0375 e. The van der Waals surface area contributed by atoms with Crippen molar-refractivity contribution in [3.8, 4) is 0 Å². The first-order chi connectivity index (χ1) is 7.69. The second kappa shape index (κ2) is 4.90. The fourth-order valence-electron chi connectivity index (χ4n) is 2.58. The normalized spacial score (nSPS) is 19.4. The SMILES string of the molecule is CCc1ccc2c(c1)CCC(CC(C)C)N2. The minimum Gasteiger partial charge on any atom is -0.382 e. The van der Waals surface area contributed by atoms with Crippen molar-refractivity contribution in [2.24, 2.45) is 5.92 Å². The van der Waals surface area contributed by atoms with E-state index >= 15 is 0 Å². The molecule has 0 aromatic heterocycles. The molecule has 0 saturated carbocycles. The molecule has 16 heavy (non-hydrogen) atoms. The van der Waals surface area contributed by atoms with Gasteiger partial charge in [0.15, 0.2) is 0 Å². The van der Waals surface area contributed by atoms with E-state index in [0.717, 1.165) is 12.3 Å². The minimum absolute atomic E-state index is 0.681. The Morgan fingerprint density at radius 2 is 2.19 bits per heavy atom. The highest BCUT2D eigenvalue weighted by Gasteiger charge is 2.18. The van der Waals surface area contributed by atoms with Gasteiger partial charge in [0.2, 0.25) is 0 Å². The Hall–Kier alpha value is -0.980. The molecule has 0 saturated heterocycles. The summed E-state index contributed by atoms with van der Waals surface area (Å²) in [4.78, 5) is 0. The maximum atomic E-state index is 3.68. The molecule has 1 nitrogen and oxygen atoms in total. The van der Waals surface area contributed by atoms with Crippen LogP contribution in [0, 0.1) is 5.92 Å². The van der Waals surface area contributed by atoms with E-state index in [4.69, 9.17) is 0 Å². The average Bonchev–Trinajstić information content (AvgIpc) is 2.27. The van der Waals surface area contributed by atoms with Crippen LogP contribution in [-0.2, 0) is 12.8 Å². The van der Waals surface area contributed by atoms with Crippen LogP contribution in [-0.4, -0.2) is 6.04 Å². The van der Waals surface area contributed by atoms with Crippen molar-refractivity contribution in [3.05, 3.63) is 29.3 Å². The molecule has 1 heteroatoms. The molecule has 0 aliphatic carbocycles. The van der Waals surface area contributed by atoms with Crippen LogP contribution in [0.15, 0.2) is 18.2 Å². The van der Waals surface area contributed by atoms with Gasteiger partial charge in [-0.3, -0.25) is 0 Å². The van der Waals surface area contributed by atoms with E-state index < -0.39 is 0 Å². The molecule has 0 bridgehead atoms. The van der Waals surface area contributed by atoms with E-state index in [1.54, 1.807) is 0 Å².